The Balaban J connectivity index is 1.47. The molecule has 4 aromatic carbocycles. The maximum absolute atomic E-state index is 13.3. The lowest BCUT2D eigenvalue weighted by Gasteiger charge is -2.13. The summed E-state index contributed by atoms with van der Waals surface area (Å²) in [5, 5.41) is 5.56. The van der Waals surface area contributed by atoms with Crippen LogP contribution >= 0.6 is 11.8 Å². The van der Waals surface area contributed by atoms with Gasteiger partial charge in [0.1, 0.15) is 17.2 Å². The number of thioether (sulfide) groups is 1. The topological polar surface area (TPSA) is 93.7 Å². The van der Waals surface area contributed by atoms with Gasteiger partial charge in [0.15, 0.2) is 5.78 Å². The molecule has 0 spiro atoms. The number of methoxy groups -OCH3 is 2. The zero-order chi connectivity index (χ0) is 28.3. The highest BCUT2D eigenvalue weighted by Crippen LogP contribution is 2.25. The Bertz CT molecular complexity index is 1520. The van der Waals surface area contributed by atoms with Gasteiger partial charge < -0.3 is 20.1 Å². The van der Waals surface area contributed by atoms with E-state index in [0.717, 1.165) is 4.90 Å². The van der Waals surface area contributed by atoms with Crippen LogP contribution in [-0.4, -0.2) is 37.6 Å². The van der Waals surface area contributed by atoms with Gasteiger partial charge in [0.25, 0.3) is 11.8 Å². The number of ketones is 1. The predicted octanol–water partition coefficient (Wildman–Crippen LogP) is 6.09. The first kappa shape index (κ1) is 28.2. The first-order chi connectivity index (χ1) is 19.5. The number of Topliss-reactive ketones (excluding diaryl/α,β-unsaturated/α-hetero) is 1. The summed E-state index contributed by atoms with van der Waals surface area (Å²) in [6.45, 7) is 0. The number of hydrogen-bond donors (Lipinski definition) is 2. The summed E-state index contributed by atoms with van der Waals surface area (Å²) in [6, 6.07) is 30.1. The number of amides is 2. The fourth-order valence-electron chi connectivity index (χ4n) is 3.82. The molecular weight excluding hydrogens is 524 g/mol. The van der Waals surface area contributed by atoms with Crippen LogP contribution in [0.4, 0.5) is 5.69 Å². The maximum Gasteiger partial charge on any atom is 0.272 e. The molecule has 0 aromatic heterocycles. The number of carbonyl (C=O) groups is 3. The van der Waals surface area contributed by atoms with Crippen molar-refractivity contribution < 1.29 is 23.9 Å². The smallest absolute Gasteiger partial charge is 0.272 e. The van der Waals surface area contributed by atoms with Crippen molar-refractivity contribution in [1.29, 1.82) is 0 Å². The van der Waals surface area contributed by atoms with E-state index in [1.807, 2.05) is 36.4 Å². The lowest BCUT2D eigenvalue weighted by molar-refractivity contribution is -0.113. The minimum Gasteiger partial charge on any atom is -0.496 e. The molecule has 0 unspecified atom stereocenters. The summed E-state index contributed by atoms with van der Waals surface area (Å²) in [6.07, 6.45) is 1.57. The summed E-state index contributed by atoms with van der Waals surface area (Å²) in [5.41, 5.74) is 2.18. The molecule has 0 saturated carbocycles. The molecule has 2 N–H and O–H groups in total. The van der Waals surface area contributed by atoms with Crippen molar-refractivity contribution in [1.82, 2.24) is 5.32 Å². The lowest BCUT2D eigenvalue weighted by atomic mass is 10.1. The zero-order valence-electron chi connectivity index (χ0n) is 22.0. The van der Waals surface area contributed by atoms with Crippen LogP contribution in [0.2, 0.25) is 0 Å². The van der Waals surface area contributed by atoms with Gasteiger partial charge in [0.2, 0.25) is 0 Å². The van der Waals surface area contributed by atoms with E-state index in [0.29, 0.717) is 33.9 Å². The zero-order valence-corrected chi connectivity index (χ0v) is 22.9. The lowest BCUT2D eigenvalue weighted by Crippen LogP contribution is -2.30. The van der Waals surface area contributed by atoms with Gasteiger partial charge in [-0.1, -0.05) is 48.5 Å². The predicted molar refractivity (Wildman–Crippen MR) is 158 cm³/mol. The normalized spacial score (nSPS) is 10.9. The Morgan fingerprint density at radius 2 is 1.38 bits per heavy atom. The third kappa shape index (κ3) is 7.39. The molecule has 0 bridgehead atoms. The van der Waals surface area contributed by atoms with Gasteiger partial charge in [0.05, 0.1) is 25.5 Å². The fraction of sp³-hybridized carbons (Fsp3) is 0.0938. The molecule has 0 atom stereocenters. The largest absolute Gasteiger partial charge is 0.496 e. The number of carbonyl (C=O) groups excluding carboxylic acids is 3. The van der Waals surface area contributed by atoms with Gasteiger partial charge in [-0.3, -0.25) is 14.4 Å². The highest BCUT2D eigenvalue weighted by Gasteiger charge is 2.16. The SMILES string of the molecule is COc1ccccc1/C=C(\NC(=O)c1ccccc1)C(=O)Nc1ccc(SCC(=O)c2ccccc2OC)cc1. The van der Waals surface area contributed by atoms with Crippen LogP contribution < -0.4 is 20.1 Å². The number of para-hydroxylation sites is 2. The molecule has 8 heteroatoms. The van der Waals surface area contributed by atoms with Crippen LogP contribution in [0.15, 0.2) is 114 Å². The quantitative estimate of drug-likeness (QED) is 0.133. The molecule has 0 aliphatic heterocycles. The van der Waals surface area contributed by atoms with Crippen molar-refractivity contribution in [3.05, 3.63) is 126 Å². The van der Waals surface area contributed by atoms with Crippen molar-refractivity contribution in [2.75, 3.05) is 25.3 Å². The van der Waals surface area contributed by atoms with Crippen LogP contribution in [0.1, 0.15) is 26.3 Å². The van der Waals surface area contributed by atoms with Crippen molar-refractivity contribution in [2.45, 2.75) is 4.90 Å². The van der Waals surface area contributed by atoms with E-state index in [1.165, 1.54) is 18.9 Å². The van der Waals surface area contributed by atoms with Crippen LogP contribution in [0.25, 0.3) is 6.08 Å². The monoisotopic (exact) mass is 552 g/mol. The summed E-state index contributed by atoms with van der Waals surface area (Å²) < 4.78 is 10.7. The van der Waals surface area contributed by atoms with Crippen molar-refractivity contribution in [3.63, 3.8) is 0 Å². The number of ether oxygens (including phenoxy) is 2. The Kier molecular flexibility index (Phi) is 9.74. The molecule has 0 heterocycles. The number of hydrogen-bond acceptors (Lipinski definition) is 6. The Labute approximate surface area is 237 Å². The van der Waals surface area contributed by atoms with E-state index in [2.05, 4.69) is 10.6 Å². The third-order valence-electron chi connectivity index (χ3n) is 5.86. The molecule has 4 rings (SSSR count). The van der Waals surface area contributed by atoms with E-state index in [1.54, 1.807) is 79.9 Å². The van der Waals surface area contributed by atoms with Crippen LogP contribution in [0.3, 0.4) is 0 Å². The van der Waals surface area contributed by atoms with Gasteiger partial charge in [-0.25, -0.2) is 0 Å². The van der Waals surface area contributed by atoms with Gasteiger partial charge in [0, 0.05) is 21.7 Å². The van der Waals surface area contributed by atoms with E-state index < -0.39 is 11.8 Å². The molecule has 2 amide bonds. The van der Waals surface area contributed by atoms with E-state index in [4.69, 9.17) is 9.47 Å². The van der Waals surface area contributed by atoms with Gasteiger partial charge in [-0.2, -0.15) is 0 Å². The van der Waals surface area contributed by atoms with E-state index >= 15 is 0 Å². The molecule has 40 heavy (non-hydrogen) atoms. The number of benzene rings is 4. The Morgan fingerprint density at radius 3 is 2.08 bits per heavy atom. The summed E-state index contributed by atoms with van der Waals surface area (Å²) in [4.78, 5) is 39.7. The minimum atomic E-state index is -0.498. The molecule has 0 aliphatic rings. The highest BCUT2D eigenvalue weighted by atomic mass is 32.2. The number of anilines is 1. The van der Waals surface area contributed by atoms with Crippen molar-refractivity contribution in [3.8, 4) is 11.5 Å². The number of rotatable bonds is 11. The average molecular weight is 553 g/mol. The first-order valence-corrected chi connectivity index (χ1v) is 13.4. The average Bonchev–Trinajstić information content (AvgIpc) is 3.00. The van der Waals surface area contributed by atoms with Crippen molar-refractivity contribution >= 4 is 41.1 Å². The second kappa shape index (κ2) is 13.8. The molecule has 0 fully saturated rings. The van der Waals surface area contributed by atoms with Crippen molar-refractivity contribution in [2.24, 2.45) is 0 Å². The van der Waals surface area contributed by atoms with Gasteiger partial charge >= 0.3 is 0 Å². The maximum atomic E-state index is 13.3. The fourth-order valence-corrected chi connectivity index (χ4v) is 4.60. The molecule has 7 nitrogen and oxygen atoms in total. The third-order valence-corrected chi connectivity index (χ3v) is 6.87. The Hall–Kier alpha value is -4.82. The Morgan fingerprint density at radius 1 is 0.750 bits per heavy atom. The second-order valence-electron chi connectivity index (χ2n) is 8.51. The molecular formula is C32H28N2O5S. The molecule has 0 radical (unpaired) electrons. The molecule has 0 aliphatic carbocycles. The standard InChI is InChI=1S/C32H28N2O5S/c1-38-29-14-8-6-12-23(29)20-27(34-31(36)22-10-4-3-5-11-22)32(37)33-24-16-18-25(19-17-24)40-21-28(35)26-13-7-9-15-30(26)39-2/h3-20H,21H2,1-2H3,(H,33,37)(H,34,36)/b27-20-. The summed E-state index contributed by atoms with van der Waals surface area (Å²) in [7, 11) is 3.08. The minimum absolute atomic E-state index is 0.0416. The van der Waals surface area contributed by atoms with E-state index in [9.17, 15) is 14.4 Å². The second-order valence-corrected chi connectivity index (χ2v) is 9.56. The van der Waals surface area contributed by atoms with Crippen LogP contribution in [-0.2, 0) is 4.79 Å². The van der Waals surface area contributed by atoms with E-state index in [-0.39, 0.29) is 17.2 Å². The van der Waals surface area contributed by atoms with Gasteiger partial charge in [-0.05, 0) is 60.7 Å². The summed E-state index contributed by atoms with van der Waals surface area (Å²) >= 11 is 1.39. The molecule has 4 aromatic rings. The first-order valence-electron chi connectivity index (χ1n) is 12.4. The van der Waals surface area contributed by atoms with Crippen LogP contribution in [0.5, 0.6) is 11.5 Å². The number of nitrogens with one attached hydrogen (secondary N) is 2. The van der Waals surface area contributed by atoms with Gasteiger partial charge in [-0.15, -0.1) is 11.8 Å². The van der Waals surface area contributed by atoms with Crippen LogP contribution in [0, 0.1) is 0 Å². The summed E-state index contributed by atoms with van der Waals surface area (Å²) in [5.74, 6) is 0.391. The molecule has 202 valence electrons. The molecule has 0 saturated heterocycles. The highest BCUT2D eigenvalue weighted by molar-refractivity contribution is 8.00.